The number of carboxylic acids is 1. The van der Waals surface area contributed by atoms with Crippen LogP contribution < -0.4 is 11.1 Å². The van der Waals surface area contributed by atoms with Gasteiger partial charge < -0.3 is 31.1 Å². The molecule has 0 spiro atoms. The molecule has 3 heterocycles. The average Bonchev–Trinajstić information content (AvgIpc) is 2.82. The van der Waals surface area contributed by atoms with Crippen LogP contribution in [0.1, 0.15) is 20.3 Å². The van der Waals surface area contributed by atoms with Gasteiger partial charge in [-0.05, 0) is 6.92 Å². The van der Waals surface area contributed by atoms with E-state index in [-0.39, 0.29) is 35.4 Å². The van der Waals surface area contributed by atoms with Crippen LogP contribution in [-0.4, -0.2) is 87.2 Å². The van der Waals surface area contributed by atoms with Crippen LogP contribution in [0.2, 0.25) is 0 Å². The van der Waals surface area contributed by atoms with Gasteiger partial charge in [0.15, 0.2) is 0 Å². The predicted molar refractivity (Wildman–Crippen MR) is 107 cm³/mol. The van der Waals surface area contributed by atoms with E-state index < -0.39 is 23.9 Å². The zero-order valence-electron chi connectivity index (χ0n) is 16.4. The summed E-state index contributed by atoms with van der Waals surface area (Å²) >= 11 is 1.46. The number of rotatable bonds is 9. The molecule has 0 aromatic carbocycles. The van der Waals surface area contributed by atoms with E-state index in [1.54, 1.807) is 6.92 Å². The first-order chi connectivity index (χ1) is 13.6. The molecule has 0 bridgehead atoms. The quantitative estimate of drug-likeness (QED) is 0.136. The number of likely N-dealkylation sites (tertiary alicyclic amines) is 1. The number of carbonyl (C=O) groups excluding carboxylic acids is 2. The molecule has 160 valence electrons. The van der Waals surface area contributed by atoms with Crippen molar-refractivity contribution in [1.29, 1.82) is 5.41 Å². The van der Waals surface area contributed by atoms with E-state index in [2.05, 4.69) is 5.32 Å². The summed E-state index contributed by atoms with van der Waals surface area (Å²) in [5.41, 5.74) is 5.09. The molecule has 0 aromatic rings. The third kappa shape index (κ3) is 3.99. The number of aliphatic hydroxyl groups is 1. The van der Waals surface area contributed by atoms with Crippen LogP contribution >= 0.6 is 11.8 Å². The number of β-lactam (4-membered cyclic amide) rings is 1. The summed E-state index contributed by atoms with van der Waals surface area (Å²) in [6.45, 7) is 5.29. The van der Waals surface area contributed by atoms with Crippen molar-refractivity contribution in [2.75, 3.05) is 26.2 Å². The molecule has 3 aliphatic heterocycles. The molecule has 4 atom stereocenters. The second kappa shape index (κ2) is 8.33. The second-order valence-electron chi connectivity index (χ2n) is 7.76. The van der Waals surface area contributed by atoms with Crippen molar-refractivity contribution in [2.24, 2.45) is 17.6 Å². The second-order valence-corrected chi connectivity index (χ2v) is 9.10. The summed E-state index contributed by atoms with van der Waals surface area (Å²) in [6, 6.07) is -0.304. The van der Waals surface area contributed by atoms with Gasteiger partial charge in [-0.15, -0.1) is 11.8 Å². The van der Waals surface area contributed by atoms with Crippen molar-refractivity contribution in [3.63, 3.8) is 0 Å². The monoisotopic (exact) mass is 425 g/mol. The molecule has 2 saturated heterocycles. The Labute approximate surface area is 173 Å². The van der Waals surface area contributed by atoms with Crippen molar-refractivity contribution in [1.82, 2.24) is 15.1 Å². The number of nitrogens with zero attached hydrogens (tertiary/aromatic N) is 2. The number of nitrogens with one attached hydrogen (secondary N) is 2. The Kier molecular flexibility index (Phi) is 6.20. The number of hydrogen-bond donors (Lipinski definition) is 5. The molecule has 0 saturated carbocycles. The van der Waals surface area contributed by atoms with Crippen LogP contribution in [0.4, 0.5) is 0 Å². The molecule has 3 aliphatic rings. The highest BCUT2D eigenvalue weighted by Gasteiger charge is 2.60. The van der Waals surface area contributed by atoms with E-state index in [9.17, 15) is 24.6 Å². The first-order valence-corrected chi connectivity index (χ1v) is 10.5. The highest BCUT2D eigenvalue weighted by atomic mass is 32.2. The summed E-state index contributed by atoms with van der Waals surface area (Å²) in [5.74, 6) is -2.13. The fraction of sp³-hybridized carbons (Fsp3) is 0.667. The number of thioether (sulfide) groups is 1. The Morgan fingerprint density at radius 2 is 2.07 bits per heavy atom. The maximum absolute atomic E-state index is 12.4. The van der Waals surface area contributed by atoms with E-state index in [0.29, 0.717) is 36.8 Å². The van der Waals surface area contributed by atoms with Crippen LogP contribution in [0, 0.1) is 17.2 Å². The van der Waals surface area contributed by atoms with Gasteiger partial charge in [-0.3, -0.25) is 15.0 Å². The minimum Gasteiger partial charge on any atom is -0.477 e. The summed E-state index contributed by atoms with van der Waals surface area (Å²) < 4.78 is 0. The standard InChI is InChI=1S/C18H27N5O5S/c1-8-14-13(9(2)24)17(26)23(14)15(18(27)28)16(8)29-10-6-22(7-10)11(19)3-4-21-5-12(20)25/h8-10,13-14,19,21,24H,3-7H2,1-2H3,(H2,20,25)(H,27,28)/t8-,9-,13-,14-/m1/s1. The van der Waals surface area contributed by atoms with Gasteiger partial charge in [0.1, 0.15) is 5.70 Å². The molecule has 2 fully saturated rings. The zero-order valence-corrected chi connectivity index (χ0v) is 17.2. The highest BCUT2D eigenvalue weighted by Crippen LogP contribution is 2.51. The van der Waals surface area contributed by atoms with Crippen LogP contribution in [0.25, 0.3) is 0 Å². The molecule has 0 aromatic heterocycles. The summed E-state index contributed by atoms with van der Waals surface area (Å²) in [4.78, 5) is 38.8. The Morgan fingerprint density at radius 3 is 2.62 bits per heavy atom. The van der Waals surface area contributed by atoms with Crippen LogP contribution in [-0.2, 0) is 14.4 Å². The van der Waals surface area contributed by atoms with Gasteiger partial charge in [0, 0.05) is 42.1 Å². The lowest BCUT2D eigenvalue weighted by Gasteiger charge is -2.46. The minimum absolute atomic E-state index is 0.0404. The number of carboxylic acid groups (broad SMARTS) is 1. The van der Waals surface area contributed by atoms with Crippen LogP contribution in [0.15, 0.2) is 10.6 Å². The molecule has 0 radical (unpaired) electrons. The molecular weight excluding hydrogens is 398 g/mol. The summed E-state index contributed by atoms with van der Waals surface area (Å²) in [7, 11) is 0. The van der Waals surface area contributed by atoms with E-state index in [1.807, 2.05) is 11.8 Å². The van der Waals surface area contributed by atoms with Crippen molar-refractivity contribution in [3.8, 4) is 0 Å². The summed E-state index contributed by atoms with van der Waals surface area (Å²) in [6.07, 6.45) is -0.335. The Morgan fingerprint density at radius 1 is 1.41 bits per heavy atom. The number of primary amides is 1. The molecule has 3 rings (SSSR count). The van der Waals surface area contributed by atoms with E-state index in [4.69, 9.17) is 11.1 Å². The maximum Gasteiger partial charge on any atom is 0.353 e. The average molecular weight is 426 g/mol. The SMILES string of the molecule is C[C@@H](O)[C@H]1C(=O)N2C(C(=O)O)=C(SC3CN(C(=N)CCNCC(N)=O)C3)[C@H](C)[C@H]12. The Bertz CT molecular complexity index is 764. The molecule has 0 aliphatic carbocycles. The van der Waals surface area contributed by atoms with Gasteiger partial charge in [0.25, 0.3) is 0 Å². The van der Waals surface area contributed by atoms with E-state index >= 15 is 0 Å². The van der Waals surface area contributed by atoms with E-state index in [1.165, 1.54) is 16.7 Å². The highest BCUT2D eigenvalue weighted by molar-refractivity contribution is 8.03. The molecule has 2 amide bonds. The van der Waals surface area contributed by atoms with Gasteiger partial charge in [0.05, 0.1) is 30.4 Å². The Hall–Kier alpha value is -2.11. The van der Waals surface area contributed by atoms with Crippen molar-refractivity contribution >= 4 is 35.4 Å². The third-order valence-corrected chi connectivity index (χ3v) is 7.12. The fourth-order valence-corrected chi connectivity index (χ4v) is 5.69. The van der Waals surface area contributed by atoms with Crippen molar-refractivity contribution in [3.05, 3.63) is 10.6 Å². The lowest BCUT2D eigenvalue weighted by atomic mass is 9.79. The lowest BCUT2D eigenvalue weighted by Crippen LogP contribution is -2.63. The van der Waals surface area contributed by atoms with E-state index in [0.717, 1.165) is 0 Å². The Balaban J connectivity index is 1.56. The van der Waals surface area contributed by atoms with Gasteiger partial charge in [-0.2, -0.15) is 0 Å². The van der Waals surface area contributed by atoms with Crippen LogP contribution in [0.3, 0.4) is 0 Å². The number of aliphatic carboxylic acids is 1. The molecule has 0 unspecified atom stereocenters. The lowest BCUT2D eigenvalue weighted by molar-refractivity contribution is -0.163. The molecule has 10 nitrogen and oxygen atoms in total. The fourth-order valence-electron chi connectivity index (χ4n) is 4.17. The van der Waals surface area contributed by atoms with Gasteiger partial charge in [0.2, 0.25) is 11.8 Å². The normalized spacial score (nSPS) is 27.4. The molecule has 6 N–H and O–H groups in total. The predicted octanol–water partition coefficient (Wildman–Crippen LogP) is -1.00. The number of hydrogen-bond acceptors (Lipinski definition) is 7. The number of aliphatic hydroxyl groups excluding tert-OH is 1. The number of amidine groups is 1. The van der Waals surface area contributed by atoms with Crippen molar-refractivity contribution in [2.45, 2.75) is 37.7 Å². The zero-order chi connectivity index (χ0) is 21.5. The molecule has 11 heteroatoms. The minimum atomic E-state index is -1.12. The maximum atomic E-state index is 12.4. The van der Waals surface area contributed by atoms with Gasteiger partial charge in [-0.25, -0.2) is 4.79 Å². The first-order valence-electron chi connectivity index (χ1n) is 9.60. The van der Waals surface area contributed by atoms with Gasteiger partial charge in [-0.1, -0.05) is 6.92 Å². The molecular formula is C18H27N5O5S. The van der Waals surface area contributed by atoms with Gasteiger partial charge >= 0.3 is 5.97 Å². The number of carbonyl (C=O) groups is 3. The topological polar surface area (TPSA) is 160 Å². The third-order valence-electron chi connectivity index (χ3n) is 5.67. The number of amides is 2. The number of nitrogens with two attached hydrogens (primary N) is 1. The van der Waals surface area contributed by atoms with Crippen LogP contribution in [0.5, 0.6) is 0 Å². The van der Waals surface area contributed by atoms with Crippen molar-refractivity contribution < 1.29 is 24.6 Å². The largest absolute Gasteiger partial charge is 0.477 e. The molecule has 29 heavy (non-hydrogen) atoms. The summed E-state index contributed by atoms with van der Waals surface area (Å²) in [5, 5.41) is 30.7. The number of fused-ring (bicyclic) bond motifs is 1. The first kappa shape index (κ1) is 21.6. The smallest absolute Gasteiger partial charge is 0.353 e.